The zero-order valence-electron chi connectivity index (χ0n) is 23.6. The molecule has 0 aromatic heterocycles. The lowest BCUT2D eigenvalue weighted by atomic mass is 9.41. The Morgan fingerprint density at radius 2 is 1.51 bits per heavy atom. The van der Waals surface area contributed by atoms with Gasteiger partial charge in [-0.3, -0.25) is 0 Å². The van der Waals surface area contributed by atoms with Crippen LogP contribution in [-0.2, 0) is 4.74 Å². The van der Waals surface area contributed by atoms with Gasteiger partial charge in [0, 0.05) is 5.41 Å². The van der Waals surface area contributed by atoms with Crippen molar-refractivity contribution in [2.24, 2.45) is 56.2 Å². The van der Waals surface area contributed by atoms with Crippen molar-refractivity contribution < 1.29 is 20.1 Å². The Kier molecular flexibility index (Phi) is 5.08. The molecule has 0 aromatic carbocycles. The quantitative estimate of drug-likeness (QED) is 0.451. The maximum Gasteiger partial charge on any atom is 0.0880 e. The predicted molar refractivity (Wildman–Crippen MR) is 138 cm³/mol. The van der Waals surface area contributed by atoms with Crippen LogP contribution in [0, 0.1) is 56.2 Å². The summed E-state index contributed by atoms with van der Waals surface area (Å²) in [6.45, 7) is 18.2. The third-order valence-electron chi connectivity index (χ3n) is 14.0. The molecule has 2 spiro atoms. The number of aliphatic hydroxyl groups excluding tert-OH is 3. The van der Waals surface area contributed by atoms with Gasteiger partial charge in [0.05, 0.1) is 30.5 Å². The van der Waals surface area contributed by atoms with Crippen LogP contribution in [0.25, 0.3) is 0 Å². The molecule has 1 saturated heterocycles. The zero-order valence-corrected chi connectivity index (χ0v) is 23.6. The van der Waals surface area contributed by atoms with E-state index in [1.807, 2.05) is 0 Å². The third-order valence-corrected chi connectivity index (χ3v) is 14.0. The second-order valence-electron chi connectivity index (χ2n) is 16.4. The van der Waals surface area contributed by atoms with E-state index >= 15 is 0 Å². The molecule has 0 bridgehead atoms. The van der Waals surface area contributed by atoms with Crippen molar-refractivity contribution in [3.05, 3.63) is 0 Å². The number of rotatable bonds is 1. The molecule has 4 nitrogen and oxygen atoms in total. The average molecular weight is 489 g/mol. The van der Waals surface area contributed by atoms with Crippen molar-refractivity contribution >= 4 is 0 Å². The summed E-state index contributed by atoms with van der Waals surface area (Å²) in [5.41, 5.74) is 0.361. The normalized spacial score (nSPS) is 59.4. The molecule has 6 aliphatic rings. The SMILES string of the molecule is C[C@@H]1C[C@H]([C@@H](O)C(C)(C)C)O[C@H]2[C@@H]1[C@@]1(C)CCC34C[C@@]35CC[C@H](O)C(C)(C)[C@@H]5CC[C@H]4[C@]1(C)[C@H]2O. The van der Waals surface area contributed by atoms with E-state index in [1.165, 1.54) is 38.5 Å². The fourth-order valence-corrected chi connectivity index (χ4v) is 12.1. The standard InChI is InChI=1S/C31H52O4/c1-17-15-18(24(33)26(2,3)4)35-23-22(17)28(7)13-14-31-16-30(31)12-11-21(32)27(5,6)19(30)9-10-20(31)29(28,8)25(23)34/h17-25,32-34H,9-16H2,1-8H3/t17-,18-,19+,20+,21+,22-,23+,24-,25+,28-,29-,30-,31?/m1/s1. The van der Waals surface area contributed by atoms with Gasteiger partial charge in [-0.05, 0) is 102 Å². The van der Waals surface area contributed by atoms with Gasteiger partial charge in [0.15, 0.2) is 0 Å². The van der Waals surface area contributed by atoms with E-state index in [0.717, 1.165) is 12.8 Å². The minimum absolute atomic E-state index is 0.00933. The van der Waals surface area contributed by atoms with Crippen molar-refractivity contribution in [3.63, 3.8) is 0 Å². The molecule has 5 saturated carbocycles. The molecule has 6 rings (SSSR count). The van der Waals surface area contributed by atoms with Crippen molar-refractivity contribution in [3.8, 4) is 0 Å². The molecule has 1 unspecified atom stereocenters. The molecule has 4 heteroatoms. The van der Waals surface area contributed by atoms with Gasteiger partial charge in [0.1, 0.15) is 0 Å². The monoisotopic (exact) mass is 488 g/mol. The summed E-state index contributed by atoms with van der Waals surface area (Å²) < 4.78 is 6.75. The Morgan fingerprint density at radius 3 is 2.17 bits per heavy atom. The highest BCUT2D eigenvalue weighted by Gasteiger charge is 2.84. The van der Waals surface area contributed by atoms with Gasteiger partial charge >= 0.3 is 0 Å². The molecule has 0 radical (unpaired) electrons. The number of ether oxygens (including phenoxy) is 1. The summed E-state index contributed by atoms with van der Waals surface area (Å²) in [7, 11) is 0. The van der Waals surface area contributed by atoms with Crippen LogP contribution in [0.15, 0.2) is 0 Å². The Morgan fingerprint density at radius 1 is 0.886 bits per heavy atom. The molecule has 5 aliphatic carbocycles. The lowest BCUT2D eigenvalue weighted by Gasteiger charge is -2.63. The first-order valence-electron chi connectivity index (χ1n) is 14.8. The molecular formula is C31H52O4. The number of hydrogen-bond donors (Lipinski definition) is 3. The van der Waals surface area contributed by atoms with Crippen LogP contribution < -0.4 is 0 Å². The lowest BCUT2D eigenvalue weighted by molar-refractivity contribution is -0.189. The topological polar surface area (TPSA) is 69.9 Å². The maximum atomic E-state index is 12.2. The van der Waals surface area contributed by atoms with Crippen LogP contribution in [0.1, 0.15) is 107 Å². The predicted octanol–water partition coefficient (Wildman–Crippen LogP) is 5.57. The van der Waals surface area contributed by atoms with Gasteiger partial charge in [0.25, 0.3) is 0 Å². The van der Waals surface area contributed by atoms with E-state index < -0.39 is 12.2 Å². The van der Waals surface area contributed by atoms with Crippen LogP contribution in [0.4, 0.5) is 0 Å². The van der Waals surface area contributed by atoms with E-state index in [-0.39, 0.29) is 40.0 Å². The van der Waals surface area contributed by atoms with Crippen LogP contribution in [-0.4, -0.2) is 45.8 Å². The highest BCUT2D eigenvalue weighted by molar-refractivity contribution is 5.32. The molecular weight excluding hydrogens is 436 g/mol. The number of hydrogen-bond acceptors (Lipinski definition) is 4. The summed E-state index contributed by atoms with van der Waals surface area (Å²) in [4.78, 5) is 0. The smallest absolute Gasteiger partial charge is 0.0880 e. The minimum atomic E-state index is -0.522. The summed E-state index contributed by atoms with van der Waals surface area (Å²) in [6, 6.07) is 0. The van der Waals surface area contributed by atoms with Crippen LogP contribution >= 0.6 is 0 Å². The molecule has 13 atom stereocenters. The van der Waals surface area contributed by atoms with Gasteiger partial charge in [-0.25, -0.2) is 0 Å². The van der Waals surface area contributed by atoms with Crippen LogP contribution in [0.5, 0.6) is 0 Å². The van der Waals surface area contributed by atoms with Gasteiger partial charge in [-0.1, -0.05) is 55.4 Å². The molecule has 6 fully saturated rings. The fraction of sp³-hybridized carbons (Fsp3) is 1.00. The summed E-state index contributed by atoms with van der Waals surface area (Å²) in [6.07, 6.45) is 7.55. The van der Waals surface area contributed by atoms with E-state index in [1.54, 1.807) is 0 Å². The van der Waals surface area contributed by atoms with Crippen molar-refractivity contribution in [1.29, 1.82) is 0 Å². The Hall–Kier alpha value is -0.160. The molecule has 0 aromatic rings. The fourth-order valence-electron chi connectivity index (χ4n) is 12.1. The van der Waals surface area contributed by atoms with E-state index in [2.05, 4.69) is 55.4 Å². The summed E-state index contributed by atoms with van der Waals surface area (Å²) >= 11 is 0. The van der Waals surface area contributed by atoms with E-state index in [4.69, 9.17) is 4.74 Å². The Labute approximate surface area is 213 Å². The Balaban J connectivity index is 1.36. The van der Waals surface area contributed by atoms with Gasteiger partial charge in [0.2, 0.25) is 0 Å². The van der Waals surface area contributed by atoms with Crippen LogP contribution in [0.3, 0.4) is 0 Å². The van der Waals surface area contributed by atoms with Crippen molar-refractivity contribution in [2.45, 2.75) is 137 Å². The molecule has 35 heavy (non-hydrogen) atoms. The van der Waals surface area contributed by atoms with E-state index in [0.29, 0.717) is 34.5 Å². The molecule has 0 amide bonds. The second kappa shape index (κ2) is 7.07. The third kappa shape index (κ3) is 2.74. The molecule has 3 N–H and O–H groups in total. The molecule has 1 aliphatic heterocycles. The van der Waals surface area contributed by atoms with Gasteiger partial charge in [-0.15, -0.1) is 0 Å². The van der Waals surface area contributed by atoms with E-state index in [9.17, 15) is 15.3 Å². The highest BCUT2D eigenvalue weighted by atomic mass is 16.5. The minimum Gasteiger partial charge on any atom is -0.393 e. The maximum absolute atomic E-state index is 12.2. The second-order valence-corrected chi connectivity index (χ2v) is 16.4. The highest BCUT2D eigenvalue weighted by Crippen LogP contribution is 2.89. The zero-order chi connectivity index (χ0) is 25.6. The van der Waals surface area contributed by atoms with Crippen molar-refractivity contribution in [2.75, 3.05) is 0 Å². The Bertz CT molecular complexity index is 893. The molecule has 200 valence electrons. The average Bonchev–Trinajstić information content (AvgIpc) is 3.40. The van der Waals surface area contributed by atoms with Gasteiger partial charge in [-0.2, -0.15) is 0 Å². The largest absolute Gasteiger partial charge is 0.393 e. The number of fused-ring (bicyclic) bond motifs is 4. The first kappa shape index (κ1) is 25.1. The summed E-state index contributed by atoms with van der Waals surface area (Å²) in [5.74, 6) is 1.91. The van der Waals surface area contributed by atoms with Crippen molar-refractivity contribution in [1.82, 2.24) is 0 Å². The first-order chi connectivity index (χ1) is 16.1. The van der Waals surface area contributed by atoms with Gasteiger partial charge < -0.3 is 20.1 Å². The summed E-state index contributed by atoms with van der Waals surface area (Å²) in [5, 5.41) is 34.3. The van der Waals surface area contributed by atoms with Crippen LogP contribution in [0.2, 0.25) is 0 Å². The first-order valence-corrected chi connectivity index (χ1v) is 14.8. The molecule has 1 heterocycles. The number of aliphatic hydroxyl groups is 3. The lowest BCUT2D eigenvalue weighted by Crippen LogP contribution is -2.59.